The first-order valence-electron chi connectivity index (χ1n) is 6.86. The summed E-state index contributed by atoms with van der Waals surface area (Å²) >= 11 is 3.59. The molecule has 1 aliphatic rings. The van der Waals surface area contributed by atoms with Crippen LogP contribution in [0.25, 0.3) is 0 Å². The number of morpholine rings is 1. The van der Waals surface area contributed by atoms with Crippen molar-refractivity contribution in [3.05, 3.63) is 34.3 Å². The van der Waals surface area contributed by atoms with E-state index in [1.54, 1.807) is 0 Å². The Bertz CT molecular complexity index is 403. The van der Waals surface area contributed by atoms with Gasteiger partial charge in [0.15, 0.2) is 0 Å². The SMILES string of the molecule is CC(C)(CNCc1ccccc1Br)N1CCOCC1. The summed E-state index contributed by atoms with van der Waals surface area (Å²) in [6.45, 7) is 10.2. The Morgan fingerprint density at radius 3 is 2.63 bits per heavy atom. The Morgan fingerprint density at radius 2 is 1.95 bits per heavy atom. The van der Waals surface area contributed by atoms with Gasteiger partial charge in [0.25, 0.3) is 0 Å². The predicted molar refractivity (Wildman–Crippen MR) is 82.3 cm³/mol. The summed E-state index contributed by atoms with van der Waals surface area (Å²) in [6.07, 6.45) is 0. The highest BCUT2D eigenvalue weighted by atomic mass is 79.9. The molecule has 0 atom stereocenters. The molecule has 19 heavy (non-hydrogen) atoms. The van der Waals surface area contributed by atoms with Crippen LogP contribution in [0.1, 0.15) is 19.4 Å². The number of benzene rings is 1. The average Bonchev–Trinajstić information content (AvgIpc) is 2.42. The largest absolute Gasteiger partial charge is 0.379 e. The van der Waals surface area contributed by atoms with Crippen LogP contribution in [0.3, 0.4) is 0 Å². The van der Waals surface area contributed by atoms with Crippen LogP contribution in [-0.2, 0) is 11.3 Å². The number of hydrogen-bond acceptors (Lipinski definition) is 3. The molecule has 0 spiro atoms. The van der Waals surface area contributed by atoms with Crippen molar-refractivity contribution in [1.29, 1.82) is 0 Å². The molecule has 0 aromatic heterocycles. The number of hydrogen-bond donors (Lipinski definition) is 1. The Kier molecular flexibility index (Phi) is 5.39. The quantitative estimate of drug-likeness (QED) is 0.900. The van der Waals surface area contributed by atoms with E-state index in [0.29, 0.717) is 0 Å². The fraction of sp³-hybridized carbons (Fsp3) is 0.600. The van der Waals surface area contributed by atoms with E-state index in [2.05, 4.69) is 58.2 Å². The van der Waals surface area contributed by atoms with Crippen LogP contribution >= 0.6 is 15.9 Å². The molecule has 1 saturated heterocycles. The summed E-state index contributed by atoms with van der Waals surface area (Å²) < 4.78 is 6.59. The zero-order valence-corrected chi connectivity index (χ0v) is 13.4. The van der Waals surface area contributed by atoms with Gasteiger partial charge in [-0.15, -0.1) is 0 Å². The van der Waals surface area contributed by atoms with E-state index in [9.17, 15) is 0 Å². The maximum Gasteiger partial charge on any atom is 0.0594 e. The van der Waals surface area contributed by atoms with Gasteiger partial charge in [-0.3, -0.25) is 4.90 Å². The molecule has 3 nitrogen and oxygen atoms in total. The molecule has 1 fully saturated rings. The highest BCUT2D eigenvalue weighted by Crippen LogP contribution is 2.17. The molecule has 0 amide bonds. The minimum atomic E-state index is 0.172. The van der Waals surface area contributed by atoms with Crippen LogP contribution in [0.15, 0.2) is 28.7 Å². The maximum absolute atomic E-state index is 5.42. The summed E-state index contributed by atoms with van der Waals surface area (Å²) in [5.74, 6) is 0. The summed E-state index contributed by atoms with van der Waals surface area (Å²) in [7, 11) is 0. The Balaban J connectivity index is 1.82. The fourth-order valence-electron chi connectivity index (χ4n) is 2.43. The number of rotatable bonds is 5. The molecule has 0 aliphatic carbocycles. The van der Waals surface area contributed by atoms with Gasteiger partial charge in [-0.05, 0) is 25.5 Å². The predicted octanol–water partition coefficient (Wildman–Crippen LogP) is 2.65. The fourth-order valence-corrected chi connectivity index (χ4v) is 2.85. The smallest absolute Gasteiger partial charge is 0.0594 e. The first-order valence-corrected chi connectivity index (χ1v) is 7.66. The lowest BCUT2D eigenvalue weighted by Crippen LogP contribution is -2.54. The average molecular weight is 327 g/mol. The van der Waals surface area contributed by atoms with E-state index in [0.717, 1.165) is 39.4 Å². The van der Waals surface area contributed by atoms with Crippen molar-refractivity contribution < 1.29 is 4.74 Å². The molecule has 1 aromatic rings. The Labute approximate surface area is 124 Å². The van der Waals surface area contributed by atoms with E-state index in [-0.39, 0.29) is 5.54 Å². The van der Waals surface area contributed by atoms with Crippen molar-refractivity contribution in [1.82, 2.24) is 10.2 Å². The Hall–Kier alpha value is -0.420. The molecule has 0 bridgehead atoms. The molecule has 0 saturated carbocycles. The molecule has 1 heterocycles. The number of nitrogens with one attached hydrogen (secondary N) is 1. The van der Waals surface area contributed by atoms with Crippen LogP contribution in [0.4, 0.5) is 0 Å². The van der Waals surface area contributed by atoms with Crippen molar-refractivity contribution in [2.24, 2.45) is 0 Å². The van der Waals surface area contributed by atoms with Crippen molar-refractivity contribution in [2.75, 3.05) is 32.8 Å². The lowest BCUT2D eigenvalue weighted by Gasteiger charge is -2.41. The van der Waals surface area contributed by atoms with Gasteiger partial charge in [0, 0.05) is 36.2 Å². The first kappa shape index (κ1) is 15.0. The zero-order valence-electron chi connectivity index (χ0n) is 11.8. The van der Waals surface area contributed by atoms with Gasteiger partial charge in [0.05, 0.1) is 13.2 Å². The molecule has 1 N–H and O–H groups in total. The second-order valence-electron chi connectivity index (χ2n) is 5.61. The molecule has 0 radical (unpaired) electrons. The van der Waals surface area contributed by atoms with Gasteiger partial charge in [-0.1, -0.05) is 34.1 Å². The normalized spacial score (nSPS) is 17.6. The lowest BCUT2D eigenvalue weighted by molar-refractivity contribution is -0.00967. The minimum absolute atomic E-state index is 0.172. The molecular weight excluding hydrogens is 304 g/mol. The maximum atomic E-state index is 5.42. The standard InChI is InChI=1S/C15H23BrN2O/c1-15(2,18-7-9-19-10-8-18)12-17-11-13-5-3-4-6-14(13)16/h3-6,17H,7-12H2,1-2H3. The third kappa shape index (κ3) is 4.28. The number of halogens is 1. The second-order valence-corrected chi connectivity index (χ2v) is 6.46. The van der Waals surface area contributed by atoms with E-state index in [4.69, 9.17) is 4.74 Å². The van der Waals surface area contributed by atoms with Crippen molar-refractivity contribution >= 4 is 15.9 Å². The molecule has 4 heteroatoms. The molecule has 1 aliphatic heterocycles. The molecular formula is C15H23BrN2O. The third-order valence-corrected chi connectivity index (χ3v) is 4.47. The van der Waals surface area contributed by atoms with E-state index < -0.39 is 0 Å². The summed E-state index contributed by atoms with van der Waals surface area (Å²) in [5, 5.41) is 3.57. The van der Waals surface area contributed by atoms with Gasteiger partial charge in [0.2, 0.25) is 0 Å². The monoisotopic (exact) mass is 326 g/mol. The Morgan fingerprint density at radius 1 is 1.26 bits per heavy atom. The van der Waals surface area contributed by atoms with Crippen LogP contribution < -0.4 is 5.32 Å². The van der Waals surface area contributed by atoms with E-state index in [1.807, 2.05) is 6.07 Å². The molecule has 1 aromatic carbocycles. The van der Waals surface area contributed by atoms with Crippen LogP contribution in [-0.4, -0.2) is 43.3 Å². The number of ether oxygens (including phenoxy) is 1. The second kappa shape index (κ2) is 6.84. The molecule has 0 unspecified atom stereocenters. The topological polar surface area (TPSA) is 24.5 Å². The minimum Gasteiger partial charge on any atom is -0.379 e. The van der Waals surface area contributed by atoms with Crippen LogP contribution in [0, 0.1) is 0 Å². The first-order chi connectivity index (χ1) is 9.09. The summed E-state index contributed by atoms with van der Waals surface area (Å²) in [6, 6.07) is 8.36. The van der Waals surface area contributed by atoms with E-state index >= 15 is 0 Å². The highest BCUT2D eigenvalue weighted by molar-refractivity contribution is 9.10. The molecule has 2 rings (SSSR count). The van der Waals surface area contributed by atoms with Gasteiger partial charge in [-0.25, -0.2) is 0 Å². The summed E-state index contributed by atoms with van der Waals surface area (Å²) in [5.41, 5.74) is 1.48. The summed E-state index contributed by atoms with van der Waals surface area (Å²) in [4.78, 5) is 2.50. The number of nitrogens with zero attached hydrogens (tertiary/aromatic N) is 1. The van der Waals surface area contributed by atoms with Gasteiger partial charge < -0.3 is 10.1 Å². The van der Waals surface area contributed by atoms with Crippen LogP contribution in [0.5, 0.6) is 0 Å². The van der Waals surface area contributed by atoms with E-state index in [1.165, 1.54) is 10.0 Å². The van der Waals surface area contributed by atoms with Gasteiger partial charge in [-0.2, -0.15) is 0 Å². The van der Waals surface area contributed by atoms with Gasteiger partial charge in [0.1, 0.15) is 0 Å². The van der Waals surface area contributed by atoms with Gasteiger partial charge >= 0.3 is 0 Å². The highest BCUT2D eigenvalue weighted by Gasteiger charge is 2.27. The zero-order chi connectivity index (χ0) is 13.7. The third-order valence-electron chi connectivity index (χ3n) is 3.70. The lowest BCUT2D eigenvalue weighted by atomic mass is 10.0. The molecule has 106 valence electrons. The van der Waals surface area contributed by atoms with Crippen molar-refractivity contribution in [3.8, 4) is 0 Å². The van der Waals surface area contributed by atoms with Crippen molar-refractivity contribution in [2.45, 2.75) is 25.9 Å². The van der Waals surface area contributed by atoms with Crippen molar-refractivity contribution in [3.63, 3.8) is 0 Å². The van der Waals surface area contributed by atoms with Crippen LogP contribution in [0.2, 0.25) is 0 Å².